The molecule has 2 rings (SSSR count). The first kappa shape index (κ1) is 21.7. The molecule has 152 valence electrons. The van der Waals surface area contributed by atoms with Gasteiger partial charge in [0, 0.05) is 13.1 Å². The monoisotopic (exact) mass is 406 g/mol. The van der Waals surface area contributed by atoms with E-state index in [4.69, 9.17) is 9.47 Å². The summed E-state index contributed by atoms with van der Waals surface area (Å²) in [5.41, 5.74) is 0.958. The van der Waals surface area contributed by atoms with E-state index in [0.717, 1.165) is 11.3 Å². The summed E-state index contributed by atoms with van der Waals surface area (Å²) in [6, 6.07) is 11.4. The summed E-state index contributed by atoms with van der Waals surface area (Å²) in [5.74, 6) is 0.645. The van der Waals surface area contributed by atoms with Gasteiger partial charge < -0.3 is 14.8 Å². The maximum absolute atomic E-state index is 12.6. The van der Waals surface area contributed by atoms with Crippen LogP contribution in [0.15, 0.2) is 47.4 Å². The summed E-state index contributed by atoms with van der Waals surface area (Å²) < 4.78 is 38.6. The van der Waals surface area contributed by atoms with Gasteiger partial charge in [0.2, 0.25) is 10.0 Å². The van der Waals surface area contributed by atoms with Crippen LogP contribution >= 0.6 is 0 Å². The third-order valence-electron chi connectivity index (χ3n) is 3.82. The quantitative estimate of drug-likeness (QED) is 0.668. The van der Waals surface area contributed by atoms with E-state index in [0.29, 0.717) is 12.3 Å². The Labute approximate surface area is 166 Å². The van der Waals surface area contributed by atoms with E-state index >= 15 is 0 Å². The van der Waals surface area contributed by atoms with Gasteiger partial charge in [0.1, 0.15) is 11.5 Å². The van der Waals surface area contributed by atoms with Gasteiger partial charge in [-0.3, -0.25) is 4.79 Å². The van der Waals surface area contributed by atoms with Crippen molar-refractivity contribution in [1.82, 2.24) is 10.0 Å². The van der Waals surface area contributed by atoms with E-state index in [1.54, 1.807) is 31.2 Å². The number of ether oxygens (including phenoxy) is 2. The number of carbonyl (C=O) groups excluding carboxylic acids is 1. The van der Waals surface area contributed by atoms with E-state index in [-0.39, 0.29) is 23.1 Å². The Kier molecular flexibility index (Phi) is 7.42. The van der Waals surface area contributed by atoms with Gasteiger partial charge in [-0.05, 0) is 56.7 Å². The molecule has 0 heterocycles. The number of benzene rings is 2. The van der Waals surface area contributed by atoms with Gasteiger partial charge in [0.25, 0.3) is 5.91 Å². The van der Waals surface area contributed by atoms with Crippen LogP contribution in [0.25, 0.3) is 0 Å². The number of methoxy groups -OCH3 is 1. The van der Waals surface area contributed by atoms with Crippen LogP contribution in [0.3, 0.4) is 0 Å². The molecule has 0 spiro atoms. The molecule has 0 saturated heterocycles. The fourth-order valence-corrected chi connectivity index (χ4v) is 3.55. The molecule has 0 radical (unpaired) electrons. The minimum atomic E-state index is -3.80. The van der Waals surface area contributed by atoms with Crippen molar-refractivity contribution in [2.45, 2.75) is 38.3 Å². The van der Waals surface area contributed by atoms with Gasteiger partial charge in [-0.1, -0.05) is 12.1 Å². The second-order valence-electron chi connectivity index (χ2n) is 6.36. The molecule has 2 aromatic carbocycles. The van der Waals surface area contributed by atoms with Crippen molar-refractivity contribution in [3.05, 3.63) is 53.6 Å². The Morgan fingerprint density at radius 3 is 2.36 bits per heavy atom. The predicted octanol–water partition coefficient (Wildman–Crippen LogP) is 2.71. The topological polar surface area (TPSA) is 93.7 Å². The van der Waals surface area contributed by atoms with Crippen molar-refractivity contribution in [3.8, 4) is 11.5 Å². The SMILES string of the molecule is CCNC(=O)c1cc(S(=O)(=O)NCc2ccc(OC(C)C)cc2)ccc1OC. The zero-order chi connectivity index (χ0) is 20.7. The smallest absolute Gasteiger partial charge is 0.255 e. The summed E-state index contributed by atoms with van der Waals surface area (Å²) in [5, 5.41) is 2.65. The first-order valence-electron chi connectivity index (χ1n) is 8.98. The van der Waals surface area contributed by atoms with E-state index in [1.807, 2.05) is 13.8 Å². The van der Waals surface area contributed by atoms with Crippen LogP contribution < -0.4 is 19.5 Å². The van der Waals surface area contributed by atoms with Crippen molar-refractivity contribution >= 4 is 15.9 Å². The van der Waals surface area contributed by atoms with Crippen LogP contribution in [0.4, 0.5) is 0 Å². The lowest BCUT2D eigenvalue weighted by molar-refractivity contribution is 0.0952. The predicted molar refractivity (Wildman–Crippen MR) is 107 cm³/mol. The molecule has 0 fully saturated rings. The first-order valence-corrected chi connectivity index (χ1v) is 10.5. The average Bonchev–Trinajstić information content (AvgIpc) is 2.66. The minimum Gasteiger partial charge on any atom is -0.496 e. The van der Waals surface area contributed by atoms with E-state index < -0.39 is 15.9 Å². The van der Waals surface area contributed by atoms with Gasteiger partial charge in [-0.15, -0.1) is 0 Å². The molecule has 1 amide bonds. The summed E-state index contributed by atoms with van der Waals surface area (Å²) in [6.07, 6.45) is 0.0681. The van der Waals surface area contributed by atoms with Gasteiger partial charge in [0.05, 0.1) is 23.7 Å². The third kappa shape index (κ3) is 5.71. The molecular formula is C20H26N2O5S. The summed E-state index contributed by atoms with van der Waals surface area (Å²) in [7, 11) is -2.37. The van der Waals surface area contributed by atoms with Crippen molar-refractivity contribution < 1.29 is 22.7 Å². The molecular weight excluding hydrogens is 380 g/mol. The number of hydrogen-bond acceptors (Lipinski definition) is 5. The minimum absolute atomic E-state index is 0.00526. The first-order chi connectivity index (χ1) is 13.3. The summed E-state index contributed by atoms with van der Waals surface area (Å²) >= 11 is 0. The lowest BCUT2D eigenvalue weighted by atomic mass is 10.2. The number of sulfonamides is 1. The van der Waals surface area contributed by atoms with Crippen LogP contribution in [0.2, 0.25) is 0 Å². The Morgan fingerprint density at radius 1 is 1.11 bits per heavy atom. The maximum atomic E-state index is 12.6. The zero-order valence-corrected chi connectivity index (χ0v) is 17.3. The highest BCUT2D eigenvalue weighted by Crippen LogP contribution is 2.23. The highest BCUT2D eigenvalue weighted by Gasteiger charge is 2.19. The normalized spacial score (nSPS) is 11.3. The lowest BCUT2D eigenvalue weighted by Gasteiger charge is -2.12. The largest absolute Gasteiger partial charge is 0.496 e. The Bertz CT molecular complexity index is 909. The molecule has 0 unspecified atom stereocenters. The van der Waals surface area contributed by atoms with E-state index in [1.165, 1.54) is 25.3 Å². The van der Waals surface area contributed by atoms with Gasteiger partial charge in [0.15, 0.2) is 0 Å². The van der Waals surface area contributed by atoms with Gasteiger partial charge in [-0.2, -0.15) is 0 Å². The molecule has 2 aromatic rings. The standard InChI is InChI=1S/C20H26N2O5S/c1-5-21-20(23)18-12-17(10-11-19(18)26-4)28(24,25)22-13-15-6-8-16(9-7-15)27-14(2)3/h6-12,14,22H,5,13H2,1-4H3,(H,21,23). The Balaban J connectivity index is 2.15. The number of carbonyl (C=O) groups is 1. The molecule has 28 heavy (non-hydrogen) atoms. The molecule has 2 N–H and O–H groups in total. The molecule has 0 bridgehead atoms. The third-order valence-corrected chi connectivity index (χ3v) is 5.22. The van der Waals surface area contributed by atoms with Crippen LogP contribution in [0, 0.1) is 0 Å². The second-order valence-corrected chi connectivity index (χ2v) is 8.12. The zero-order valence-electron chi connectivity index (χ0n) is 16.5. The number of amides is 1. The van der Waals surface area contributed by atoms with Crippen molar-refractivity contribution in [2.24, 2.45) is 0 Å². The molecule has 0 atom stereocenters. The Morgan fingerprint density at radius 2 is 1.79 bits per heavy atom. The fraction of sp³-hybridized carbons (Fsp3) is 0.350. The molecule has 0 aromatic heterocycles. The van der Waals surface area contributed by atoms with Gasteiger partial charge in [-0.25, -0.2) is 13.1 Å². The van der Waals surface area contributed by atoms with Crippen LogP contribution in [-0.4, -0.2) is 34.1 Å². The molecule has 0 aliphatic rings. The van der Waals surface area contributed by atoms with Gasteiger partial charge >= 0.3 is 0 Å². The molecule has 8 heteroatoms. The molecule has 7 nitrogen and oxygen atoms in total. The average molecular weight is 407 g/mol. The summed E-state index contributed by atoms with van der Waals surface area (Å²) in [6.45, 7) is 6.20. The Hall–Kier alpha value is -2.58. The fourth-order valence-electron chi connectivity index (χ4n) is 2.51. The molecule has 0 saturated carbocycles. The highest BCUT2D eigenvalue weighted by atomic mass is 32.2. The van der Waals surface area contributed by atoms with E-state index in [2.05, 4.69) is 10.0 Å². The second kappa shape index (κ2) is 9.57. The van der Waals surface area contributed by atoms with Crippen LogP contribution in [0.5, 0.6) is 11.5 Å². The lowest BCUT2D eigenvalue weighted by Crippen LogP contribution is -2.26. The maximum Gasteiger partial charge on any atom is 0.255 e. The number of rotatable bonds is 9. The van der Waals surface area contributed by atoms with E-state index in [9.17, 15) is 13.2 Å². The van der Waals surface area contributed by atoms with Crippen molar-refractivity contribution in [2.75, 3.05) is 13.7 Å². The number of hydrogen-bond donors (Lipinski definition) is 2. The van der Waals surface area contributed by atoms with Crippen molar-refractivity contribution in [3.63, 3.8) is 0 Å². The van der Waals surface area contributed by atoms with Crippen LogP contribution in [0.1, 0.15) is 36.7 Å². The molecule has 0 aliphatic heterocycles. The van der Waals surface area contributed by atoms with Crippen LogP contribution in [-0.2, 0) is 16.6 Å². The number of nitrogens with one attached hydrogen (secondary N) is 2. The molecule has 0 aliphatic carbocycles. The highest BCUT2D eigenvalue weighted by molar-refractivity contribution is 7.89. The summed E-state index contributed by atoms with van der Waals surface area (Å²) in [4.78, 5) is 12.2. The van der Waals surface area contributed by atoms with Crippen molar-refractivity contribution in [1.29, 1.82) is 0 Å².